The van der Waals surface area contributed by atoms with Crippen molar-refractivity contribution in [2.45, 2.75) is 48.1 Å². The highest BCUT2D eigenvalue weighted by Crippen LogP contribution is 2.36. The molecular weight excluding hydrogens is 370 g/mol. The summed E-state index contributed by atoms with van der Waals surface area (Å²) in [4.78, 5) is 24.7. The van der Waals surface area contributed by atoms with Crippen LogP contribution in [0.2, 0.25) is 0 Å². The normalized spacial score (nSPS) is 11.8. The topological polar surface area (TPSA) is 98.8 Å². The lowest BCUT2D eigenvalue weighted by Gasteiger charge is -2.20. The minimum absolute atomic E-state index is 0.170. The molecule has 0 atom stereocenters. The number of benzene rings is 2. The third-order valence-corrected chi connectivity index (χ3v) is 4.10. The van der Waals surface area contributed by atoms with Crippen LogP contribution in [0.5, 0.6) is 11.5 Å². The highest BCUT2D eigenvalue weighted by atomic mass is 16.5. The van der Waals surface area contributed by atoms with Gasteiger partial charge in [-0.1, -0.05) is 0 Å². The summed E-state index contributed by atoms with van der Waals surface area (Å²) < 4.78 is 11.1. The van der Waals surface area contributed by atoms with Gasteiger partial charge in [-0.2, -0.15) is 0 Å². The lowest BCUT2D eigenvalue weighted by Crippen LogP contribution is -2.26. The van der Waals surface area contributed by atoms with Gasteiger partial charge in [0.1, 0.15) is 11.5 Å². The van der Waals surface area contributed by atoms with Crippen molar-refractivity contribution >= 4 is 17.6 Å². The van der Waals surface area contributed by atoms with Gasteiger partial charge in [0.05, 0.1) is 17.4 Å². The van der Waals surface area contributed by atoms with E-state index in [2.05, 4.69) is 0 Å². The van der Waals surface area contributed by atoms with E-state index < -0.39 is 22.8 Å². The number of nitrogen functional groups attached to an aromatic ring is 1. The Morgan fingerprint density at radius 1 is 0.897 bits per heavy atom. The van der Waals surface area contributed by atoms with Crippen molar-refractivity contribution in [3.05, 3.63) is 42.0 Å². The Labute approximate surface area is 171 Å². The fourth-order valence-corrected chi connectivity index (χ4v) is 2.37. The molecule has 2 aromatic rings. The van der Waals surface area contributed by atoms with Crippen molar-refractivity contribution in [1.82, 2.24) is 0 Å². The van der Waals surface area contributed by atoms with Crippen molar-refractivity contribution < 1.29 is 24.2 Å². The van der Waals surface area contributed by atoms with Crippen LogP contribution in [0.1, 0.15) is 47.1 Å². The van der Waals surface area contributed by atoms with Crippen LogP contribution in [0.15, 0.2) is 36.4 Å². The van der Waals surface area contributed by atoms with Crippen LogP contribution in [0, 0.1) is 10.8 Å². The molecule has 2 rings (SSSR count). The van der Waals surface area contributed by atoms with Gasteiger partial charge in [-0.25, -0.2) is 0 Å². The third-order valence-electron chi connectivity index (χ3n) is 4.10. The molecule has 0 saturated carbocycles. The molecule has 0 amide bonds. The molecule has 6 nitrogen and oxygen atoms in total. The first kappa shape index (κ1) is 22.4. The zero-order chi connectivity index (χ0) is 22.0. The number of aliphatic hydroxyl groups is 1. The number of rotatable bonds is 4. The molecule has 0 unspecified atom stereocenters. The molecule has 0 spiro atoms. The maximum Gasteiger partial charge on any atom is 0.316 e. The largest absolute Gasteiger partial charge is 0.426 e. The van der Waals surface area contributed by atoms with Gasteiger partial charge < -0.3 is 20.3 Å². The lowest BCUT2D eigenvalue weighted by molar-refractivity contribution is -0.143. The number of aliphatic hydroxyl groups excluding tert-OH is 1. The lowest BCUT2D eigenvalue weighted by atomic mass is 9.97. The first-order valence-electron chi connectivity index (χ1n) is 9.40. The van der Waals surface area contributed by atoms with Crippen molar-refractivity contribution in [2.75, 3.05) is 5.73 Å². The van der Waals surface area contributed by atoms with Crippen molar-refractivity contribution in [3.63, 3.8) is 0 Å². The Hall–Kier alpha value is -2.86. The third kappa shape index (κ3) is 5.81. The van der Waals surface area contributed by atoms with Crippen LogP contribution in [0.3, 0.4) is 0 Å². The fourth-order valence-electron chi connectivity index (χ4n) is 2.37. The van der Waals surface area contributed by atoms with Gasteiger partial charge >= 0.3 is 11.9 Å². The monoisotopic (exact) mass is 399 g/mol. The number of esters is 2. The van der Waals surface area contributed by atoms with Crippen LogP contribution in [0.4, 0.5) is 5.69 Å². The Morgan fingerprint density at radius 2 is 1.48 bits per heavy atom. The maximum atomic E-state index is 12.5. The van der Waals surface area contributed by atoms with Crippen LogP contribution >= 0.6 is 0 Å². The summed E-state index contributed by atoms with van der Waals surface area (Å²) in [6, 6.07) is 10.0. The van der Waals surface area contributed by atoms with Crippen LogP contribution in [0.25, 0.3) is 11.1 Å². The Balaban J connectivity index is 2.54. The average Bonchev–Trinajstić information content (AvgIpc) is 2.59. The predicted octanol–water partition coefficient (Wildman–Crippen LogP) is 4.33. The quantitative estimate of drug-likeness (QED) is 0.451. The van der Waals surface area contributed by atoms with Gasteiger partial charge in [0.25, 0.3) is 0 Å². The molecule has 6 heteroatoms. The molecule has 0 aromatic heterocycles. The number of carbonyl (C=O) groups excluding carboxylic acids is 2. The van der Waals surface area contributed by atoms with Crippen molar-refractivity contribution in [1.29, 1.82) is 0 Å². The van der Waals surface area contributed by atoms with E-state index in [4.69, 9.17) is 15.2 Å². The molecule has 3 N–H and O–H groups in total. The minimum Gasteiger partial charge on any atom is -0.426 e. The second kappa shape index (κ2) is 8.25. The van der Waals surface area contributed by atoms with Gasteiger partial charge in [-0.15, -0.1) is 0 Å². The summed E-state index contributed by atoms with van der Waals surface area (Å²) in [5, 5.41) is 9.48. The number of hydrogen-bond acceptors (Lipinski definition) is 6. The number of hydrogen-bond donors (Lipinski definition) is 2. The Bertz CT molecular complexity index is 920. The molecule has 0 heterocycles. The van der Waals surface area contributed by atoms with E-state index in [1.54, 1.807) is 71.9 Å². The smallest absolute Gasteiger partial charge is 0.316 e. The summed E-state index contributed by atoms with van der Waals surface area (Å²) in [5.41, 5.74) is 6.94. The summed E-state index contributed by atoms with van der Waals surface area (Å²) in [6.07, 6.45) is 0. The number of ether oxygens (including phenoxy) is 2. The van der Waals surface area contributed by atoms with Gasteiger partial charge in [0, 0.05) is 17.3 Å². The molecular formula is C23H29NO5. The van der Waals surface area contributed by atoms with E-state index in [0.717, 1.165) is 0 Å². The van der Waals surface area contributed by atoms with Gasteiger partial charge in [0.15, 0.2) is 0 Å². The second-order valence-corrected chi connectivity index (χ2v) is 9.06. The van der Waals surface area contributed by atoms with Crippen molar-refractivity contribution in [3.8, 4) is 22.6 Å². The van der Waals surface area contributed by atoms with Crippen LogP contribution < -0.4 is 15.2 Å². The molecule has 2 aromatic carbocycles. The van der Waals surface area contributed by atoms with E-state index in [9.17, 15) is 14.7 Å². The number of nitrogens with two attached hydrogens (primary N) is 1. The van der Waals surface area contributed by atoms with Gasteiger partial charge in [-0.05, 0) is 83.0 Å². The molecule has 156 valence electrons. The number of carbonyl (C=O) groups is 2. The summed E-state index contributed by atoms with van der Waals surface area (Å²) in [5.74, 6) is -0.301. The molecule has 0 radical (unpaired) electrons. The summed E-state index contributed by atoms with van der Waals surface area (Å²) in [7, 11) is 0. The molecule has 0 fully saturated rings. The molecule has 0 bridgehead atoms. The molecule has 0 aliphatic heterocycles. The van der Waals surface area contributed by atoms with E-state index in [1.165, 1.54) is 6.07 Å². The summed E-state index contributed by atoms with van der Waals surface area (Å²) in [6.45, 7) is 10.4. The first-order chi connectivity index (χ1) is 13.3. The minimum atomic E-state index is -0.721. The molecule has 29 heavy (non-hydrogen) atoms. The standard InChI is InChI=1S/C23H29NO5/c1-22(2,3)20(26)28-17-7-8-18(15-9-14(13-25)10-16(24)11-15)19(12-17)29-21(27)23(4,5)6/h7-12,25H,13,24H2,1-6H3. The van der Waals surface area contributed by atoms with Crippen LogP contribution in [-0.4, -0.2) is 17.0 Å². The first-order valence-corrected chi connectivity index (χ1v) is 9.40. The fraction of sp³-hybridized carbons (Fsp3) is 0.391. The van der Waals surface area contributed by atoms with Crippen LogP contribution in [-0.2, 0) is 16.2 Å². The average molecular weight is 399 g/mol. The summed E-state index contributed by atoms with van der Waals surface area (Å²) >= 11 is 0. The van der Waals surface area contributed by atoms with E-state index >= 15 is 0 Å². The maximum absolute atomic E-state index is 12.5. The van der Waals surface area contributed by atoms with Gasteiger partial charge in [-0.3, -0.25) is 9.59 Å². The SMILES string of the molecule is CC(C)(C)C(=O)Oc1ccc(-c2cc(N)cc(CO)c2)c(OC(=O)C(C)(C)C)c1. The van der Waals surface area contributed by atoms with E-state index in [-0.39, 0.29) is 18.1 Å². The number of anilines is 1. The predicted molar refractivity (Wildman–Crippen MR) is 112 cm³/mol. The zero-order valence-corrected chi connectivity index (χ0v) is 17.8. The zero-order valence-electron chi connectivity index (χ0n) is 17.8. The highest BCUT2D eigenvalue weighted by molar-refractivity contribution is 5.83. The Kier molecular flexibility index (Phi) is 6.38. The van der Waals surface area contributed by atoms with Gasteiger partial charge in [0.2, 0.25) is 0 Å². The Morgan fingerprint density at radius 3 is 2.03 bits per heavy atom. The molecule has 0 aliphatic carbocycles. The second-order valence-electron chi connectivity index (χ2n) is 9.06. The van der Waals surface area contributed by atoms with E-state index in [1.807, 2.05) is 0 Å². The molecule has 0 aliphatic rings. The van der Waals surface area contributed by atoms with E-state index in [0.29, 0.717) is 22.4 Å². The molecule has 0 saturated heterocycles. The van der Waals surface area contributed by atoms with Crippen molar-refractivity contribution in [2.24, 2.45) is 10.8 Å². The highest BCUT2D eigenvalue weighted by Gasteiger charge is 2.27.